The third-order valence-electron chi connectivity index (χ3n) is 2.58. The van der Waals surface area contributed by atoms with Crippen LogP contribution in [0.2, 0.25) is 0 Å². The van der Waals surface area contributed by atoms with Gasteiger partial charge < -0.3 is 20.5 Å². The number of nitrogens with two attached hydrogens (primary N) is 1. The fraction of sp³-hybridized carbons (Fsp3) is 0.714. The molecule has 114 valence electrons. The van der Waals surface area contributed by atoms with Crippen molar-refractivity contribution >= 4 is 11.5 Å². The number of hydrogen-bond donors (Lipinski definition) is 2. The van der Waals surface area contributed by atoms with Gasteiger partial charge in [0.05, 0.1) is 13.2 Å². The van der Waals surface area contributed by atoms with E-state index in [9.17, 15) is 0 Å². The molecule has 1 rings (SSSR count). The quantitative estimate of drug-likeness (QED) is 0.675. The maximum atomic E-state index is 6.06. The molecule has 0 aliphatic carbocycles. The third kappa shape index (κ3) is 5.21. The van der Waals surface area contributed by atoms with E-state index in [0.717, 1.165) is 18.7 Å². The van der Waals surface area contributed by atoms with Crippen molar-refractivity contribution < 1.29 is 9.47 Å². The Morgan fingerprint density at radius 3 is 2.65 bits per heavy atom. The molecular formula is C14H26N4O2. The molecule has 3 N–H and O–H groups in total. The molecule has 1 aromatic rings. The number of hydrogen-bond acceptors (Lipinski definition) is 6. The van der Waals surface area contributed by atoms with E-state index in [2.05, 4.69) is 36.1 Å². The molecule has 0 fully saturated rings. The molecule has 1 heterocycles. The van der Waals surface area contributed by atoms with E-state index in [0.29, 0.717) is 43.1 Å². The number of aromatic nitrogens is 2. The summed E-state index contributed by atoms with van der Waals surface area (Å²) in [6.45, 7) is 8.09. The van der Waals surface area contributed by atoms with Crippen LogP contribution in [0, 0.1) is 5.92 Å². The normalized spacial score (nSPS) is 10.8. The van der Waals surface area contributed by atoms with Gasteiger partial charge in [0.25, 0.3) is 0 Å². The summed E-state index contributed by atoms with van der Waals surface area (Å²) in [4.78, 5) is 8.83. The standard InChI is InChI=1S/C14H26N4O2/c1-5-6-11-17-13(16-7-8-19-4)12(15)14(18-11)20-9-10(2)3/h10H,5-9,15H2,1-4H3,(H,16,17,18). The highest BCUT2D eigenvalue weighted by molar-refractivity contribution is 5.66. The highest BCUT2D eigenvalue weighted by Gasteiger charge is 2.13. The minimum Gasteiger partial charge on any atom is -0.476 e. The molecule has 0 radical (unpaired) electrons. The van der Waals surface area contributed by atoms with Crippen LogP contribution in [0.1, 0.15) is 33.0 Å². The molecule has 0 spiro atoms. The highest BCUT2D eigenvalue weighted by atomic mass is 16.5. The summed E-state index contributed by atoms with van der Waals surface area (Å²) >= 11 is 0. The van der Waals surface area contributed by atoms with E-state index in [1.807, 2.05) is 0 Å². The van der Waals surface area contributed by atoms with Gasteiger partial charge in [0.15, 0.2) is 5.82 Å². The second-order valence-corrected chi connectivity index (χ2v) is 5.08. The molecule has 0 saturated heterocycles. The molecule has 1 aromatic heterocycles. The zero-order valence-corrected chi connectivity index (χ0v) is 12.9. The van der Waals surface area contributed by atoms with Crippen LogP contribution in [0.15, 0.2) is 0 Å². The zero-order valence-electron chi connectivity index (χ0n) is 12.9. The van der Waals surface area contributed by atoms with Crippen LogP contribution in [0.25, 0.3) is 0 Å². The largest absolute Gasteiger partial charge is 0.476 e. The fourth-order valence-corrected chi connectivity index (χ4v) is 1.59. The average molecular weight is 282 g/mol. The van der Waals surface area contributed by atoms with Crippen LogP contribution in [0.4, 0.5) is 11.5 Å². The van der Waals surface area contributed by atoms with Crippen molar-refractivity contribution in [2.24, 2.45) is 5.92 Å². The smallest absolute Gasteiger partial charge is 0.242 e. The molecule has 0 atom stereocenters. The molecule has 6 heteroatoms. The molecule has 0 amide bonds. The summed E-state index contributed by atoms with van der Waals surface area (Å²) in [5, 5.41) is 3.16. The van der Waals surface area contributed by atoms with Gasteiger partial charge in [0.2, 0.25) is 5.88 Å². The van der Waals surface area contributed by atoms with Crippen molar-refractivity contribution in [3.8, 4) is 5.88 Å². The highest BCUT2D eigenvalue weighted by Crippen LogP contribution is 2.26. The van der Waals surface area contributed by atoms with Crippen LogP contribution in [0.3, 0.4) is 0 Å². The van der Waals surface area contributed by atoms with Crippen LogP contribution < -0.4 is 15.8 Å². The monoisotopic (exact) mass is 282 g/mol. The average Bonchev–Trinajstić information content (AvgIpc) is 2.40. The number of anilines is 2. The van der Waals surface area contributed by atoms with Gasteiger partial charge in [-0.25, -0.2) is 4.98 Å². The van der Waals surface area contributed by atoms with Crippen molar-refractivity contribution in [3.05, 3.63) is 5.82 Å². The van der Waals surface area contributed by atoms with E-state index in [-0.39, 0.29) is 0 Å². The van der Waals surface area contributed by atoms with Crippen molar-refractivity contribution in [2.75, 3.05) is 37.9 Å². The van der Waals surface area contributed by atoms with Gasteiger partial charge in [-0.1, -0.05) is 20.8 Å². The second-order valence-electron chi connectivity index (χ2n) is 5.08. The van der Waals surface area contributed by atoms with Crippen LogP contribution in [-0.4, -0.2) is 36.8 Å². The van der Waals surface area contributed by atoms with E-state index in [1.54, 1.807) is 7.11 Å². The fourth-order valence-electron chi connectivity index (χ4n) is 1.59. The Hall–Kier alpha value is -1.56. The number of nitrogens with one attached hydrogen (secondary N) is 1. The number of methoxy groups -OCH3 is 1. The minimum atomic E-state index is 0.420. The van der Waals surface area contributed by atoms with Gasteiger partial charge in [-0.3, -0.25) is 0 Å². The maximum Gasteiger partial charge on any atom is 0.242 e. The summed E-state index contributed by atoms with van der Waals surface area (Å²) in [5.41, 5.74) is 6.52. The molecular weight excluding hydrogens is 256 g/mol. The first kappa shape index (κ1) is 16.5. The SMILES string of the molecule is CCCc1nc(NCCOC)c(N)c(OCC(C)C)n1. The minimum absolute atomic E-state index is 0.420. The predicted octanol–water partition coefficient (Wildman–Crippen LogP) is 2.10. The Balaban J connectivity index is 2.89. The lowest BCUT2D eigenvalue weighted by atomic mass is 10.2. The first-order chi connectivity index (χ1) is 9.58. The first-order valence-corrected chi connectivity index (χ1v) is 7.10. The molecule has 0 aliphatic rings. The number of ether oxygens (including phenoxy) is 2. The molecule has 0 unspecified atom stereocenters. The lowest BCUT2D eigenvalue weighted by Crippen LogP contribution is -2.15. The summed E-state index contributed by atoms with van der Waals surface area (Å²) in [5.74, 6) is 2.26. The molecule has 6 nitrogen and oxygen atoms in total. The van der Waals surface area contributed by atoms with E-state index in [4.69, 9.17) is 15.2 Å². The Labute approximate surface area is 121 Å². The van der Waals surface area contributed by atoms with Gasteiger partial charge in [0.1, 0.15) is 11.5 Å². The number of nitrogen functional groups attached to an aromatic ring is 1. The summed E-state index contributed by atoms with van der Waals surface area (Å²) in [6.07, 6.45) is 1.78. The van der Waals surface area contributed by atoms with Gasteiger partial charge in [0, 0.05) is 20.1 Å². The van der Waals surface area contributed by atoms with Crippen LogP contribution in [-0.2, 0) is 11.2 Å². The Morgan fingerprint density at radius 2 is 2.05 bits per heavy atom. The van der Waals surface area contributed by atoms with E-state index >= 15 is 0 Å². The third-order valence-corrected chi connectivity index (χ3v) is 2.58. The van der Waals surface area contributed by atoms with Crippen LogP contribution in [0.5, 0.6) is 5.88 Å². The Kier molecular flexibility index (Phi) is 7.08. The molecule has 0 aliphatic heterocycles. The van der Waals surface area contributed by atoms with Gasteiger partial charge >= 0.3 is 0 Å². The molecule has 0 saturated carbocycles. The van der Waals surface area contributed by atoms with E-state index < -0.39 is 0 Å². The number of nitrogens with zero attached hydrogens (tertiary/aromatic N) is 2. The lowest BCUT2D eigenvalue weighted by Gasteiger charge is -2.15. The van der Waals surface area contributed by atoms with Gasteiger partial charge in [-0.2, -0.15) is 4.98 Å². The Bertz CT molecular complexity index is 410. The first-order valence-electron chi connectivity index (χ1n) is 7.10. The van der Waals surface area contributed by atoms with Gasteiger partial charge in [-0.05, 0) is 12.3 Å². The molecule has 20 heavy (non-hydrogen) atoms. The van der Waals surface area contributed by atoms with Crippen molar-refractivity contribution in [1.82, 2.24) is 9.97 Å². The predicted molar refractivity (Wildman–Crippen MR) is 81.1 cm³/mol. The summed E-state index contributed by atoms with van der Waals surface area (Å²) < 4.78 is 10.7. The Morgan fingerprint density at radius 1 is 1.30 bits per heavy atom. The molecule has 0 aromatic carbocycles. The number of rotatable bonds is 9. The van der Waals surface area contributed by atoms with Crippen LogP contribution >= 0.6 is 0 Å². The second kappa shape index (κ2) is 8.58. The maximum absolute atomic E-state index is 6.06. The molecule has 0 bridgehead atoms. The summed E-state index contributed by atoms with van der Waals surface area (Å²) in [7, 11) is 1.66. The van der Waals surface area contributed by atoms with Crippen molar-refractivity contribution in [2.45, 2.75) is 33.6 Å². The zero-order chi connectivity index (χ0) is 15.0. The van der Waals surface area contributed by atoms with Gasteiger partial charge in [-0.15, -0.1) is 0 Å². The van der Waals surface area contributed by atoms with E-state index in [1.165, 1.54) is 0 Å². The summed E-state index contributed by atoms with van der Waals surface area (Å²) in [6, 6.07) is 0. The van der Waals surface area contributed by atoms with Crippen molar-refractivity contribution in [3.63, 3.8) is 0 Å². The topological polar surface area (TPSA) is 82.3 Å². The van der Waals surface area contributed by atoms with Crippen molar-refractivity contribution in [1.29, 1.82) is 0 Å². The lowest BCUT2D eigenvalue weighted by molar-refractivity contribution is 0.210. The number of aryl methyl sites for hydroxylation is 1.